The number of thiophene rings is 1. The molecule has 0 aliphatic carbocycles. The molecule has 3 heterocycles. The van der Waals surface area contributed by atoms with Gasteiger partial charge in [-0.3, -0.25) is 9.89 Å². The van der Waals surface area contributed by atoms with E-state index in [0.717, 1.165) is 32.0 Å². The molecule has 0 saturated carbocycles. The van der Waals surface area contributed by atoms with Crippen molar-refractivity contribution >= 4 is 41.3 Å². The first-order valence-corrected chi connectivity index (χ1v) is 11.6. The van der Waals surface area contributed by atoms with Crippen molar-refractivity contribution in [1.29, 1.82) is 0 Å². The predicted octanol–water partition coefficient (Wildman–Crippen LogP) is 3.41. The van der Waals surface area contributed by atoms with Crippen molar-refractivity contribution in [3.8, 4) is 0 Å². The van der Waals surface area contributed by atoms with Gasteiger partial charge >= 0.3 is 0 Å². The average molecular weight is 520 g/mol. The number of nitrogens with zero attached hydrogens (tertiary/aromatic N) is 3. The first-order chi connectivity index (χ1) is 13.2. The lowest BCUT2D eigenvalue weighted by Crippen LogP contribution is -2.58. The van der Waals surface area contributed by atoms with Gasteiger partial charge in [-0.25, -0.2) is 0 Å². The molecular formula is C21H38IN5S. The van der Waals surface area contributed by atoms with E-state index in [0.29, 0.717) is 0 Å². The highest BCUT2D eigenvalue weighted by atomic mass is 127. The third-order valence-corrected chi connectivity index (χ3v) is 7.00. The van der Waals surface area contributed by atoms with Crippen LogP contribution in [-0.2, 0) is 6.42 Å². The predicted molar refractivity (Wildman–Crippen MR) is 132 cm³/mol. The third kappa shape index (κ3) is 6.85. The summed E-state index contributed by atoms with van der Waals surface area (Å²) in [5.41, 5.74) is 0.253. The Bertz CT molecular complexity index is 563. The Morgan fingerprint density at radius 2 is 1.89 bits per heavy atom. The summed E-state index contributed by atoms with van der Waals surface area (Å²) in [6.07, 6.45) is 7.62. The Morgan fingerprint density at radius 3 is 2.54 bits per heavy atom. The van der Waals surface area contributed by atoms with E-state index in [4.69, 9.17) is 4.99 Å². The lowest BCUT2D eigenvalue weighted by atomic mass is 9.84. The Morgan fingerprint density at radius 1 is 1.14 bits per heavy atom. The van der Waals surface area contributed by atoms with Gasteiger partial charge in [0.25, 0.3) is 0 Å². The van der Waals surface area contributed by atoms with Crippen molar-refractivity contribution in [2.45, 2.75) is 51.0 Å². The zero-order valence-electron chi connectivity index (χ0n) is 17.6. The highest BCUT2D eigenvalue weighted by Gasteiger charge is 2.39. The summed E-state index contributed by atoms with van der Waals surface area (Å²) >= 11 is 1.83. The van der Waals surface area contributed by atoms with E-state index < -0.39 is 0 Å². The molecule has 0 bridgehead atoms. The lowest BCUT2D eigenvalue weighted by molar-refractivity contribution is 0.0208. The molecule has 2 N–H and O–H groups in total. The summed E-state index contributed by atoms with van der Waals surface area (Å²) in [5, 5.41) is 9.14. The van der Waals surface area contributed by atoms with Crippen LogP contribution in [0.3, 0.4) is 0 Å². The summed E-state index contributed by atoms with van der Waals surface area (Å²) in [6.45, 7) is 9.78. The van der Waals surface area contributed by atoms with E-state index in [9.17, 15) is 0 Å². The highest BCUT2D eigenvalue weighted by Crippen LogP contribution is 2.31. The van der Waals surface area contributed by atoms with Crippen LogP contribution in [0.15, 0.2) is 22.5 Å². The Balaban J connectivity index is 0.00000280. The van der Waals surface area contributed by atoms with Gasteiger partial charge in [0, 0.05) is 23.5 Å². The molecule has 28 heavy (non-hydrogen) atoms. The fraction of sp³-hybridized carbons (Fsp3) is 0.762. The minimum absolute atomic E-state index is 0. The van der Waals surface area contributed by atoms with Crippen molar-refractivity contribution in [2.24, 2.45) is 4.99 Å². The third-order valence-electron chi connectivity index (χ3n) is 6.06. The fourth-order valence-electron chi connectivity index (χ4n) is 4.30. The second-order valence-electron chi connectivity index (χ2n) is 8.03. The topological polar surface area (TPSA) is 42.9 Å². The largest absolute Gasteiger partial charge is 0.357 e. The van der Waals surface area contributed by atoms with Crippen LogP contribution in [0, 0.1) is 0 Å². The number of likely N-dealkylation sites (tertiary alicyclic amines) is 2. The molecule has 0 atom stereocenters. The van der Waals surface area contributed by atoms with Crippen LogP contribution in [0.4, 0.5) is 0 Å². The Hall–Kier alpha value is -0.380. The zero-order chi connectivity index (χ0) is 19.0. The summed E-state index contributed by atoms with van der Waals surface area (Å²) < 4.78 is 0. The van der Waals surface area contributed by atoms with E-state index >= 15 is 0 Å². The maximum Gasteiger partial charge on any atom is 0.191 e. The number of nitrogens with one attached hydrogen (secondary N) is 2. The second-order valence-corrected chi connectivity index (χ2v) is 9.06. The molecule has 2 aliphatic rings. The van der Waals surface area contributed by atoms with Gasteiger partial charge in [0.1, 0.15) is 0 Å². The quantitative estimate of drug-likeness (QED) is 0.329. The van der Waals surface area contributed by atoms with Gasteiger partial charge in [0.2, 0.25) is 0 Å². The number of guanidine groups is 1. The molecule has 7 heteroatoms. The molecule has 5 nitrogen and oxygen atoms in total. The number of rotatable bonds is 7. The molecule has 2 saturated heterocycles. The first kappa shape index (κ1) is 23.9. The average Bonchev–Trinajstić information content (AvgIpc) is 3.22. The minimum Gasteiger partial charge on any atom is -0.357 e. The first-order valence-electron chi connectivity index (χ1n) is 10.7. The maximum absolute atomic E-state index is 5.07. The van der Waals surface area contributed by atoms with Crippen LogP contribution in [0.5, 0.6) is 0 Å². The van der Waals surface area contributed by atoms with Gasteiger partial charge in [-0.1, -0.05) is 12.5 Å². The van der Waals surface area contributed by atoms with Crippen molar-refractivity contribution in [2.75, 3.05) is 52.9 Å². The standard InChI is InChI=1S/C21H37N5S.HI/c1-3-22-20(23-12-9-19-8-7-17-27-19)24-18-21(10-15-25(2)16-11-21)26-13-5-4-6-14-26;/h7-8,17H,3-6,9-16,18H2,1-2H3,(H2,22,23,24);1H. The van der Waals surface area contributed by atoms with Crippen LogP contribution >= 0.6 is 35.3 Å². The van der Waals surface area contributed by atoms with Gasteiger partial charge < -0.3 is 15.5 Å². The minimum atomic E-state index is 0. The summed E-state index contributed by atoms with van der Waals surface area (Å²) in [6, 6.07) is 4.34. The molecule has 0 amide bonds. The van der Waals surface area contributed by atoms with Crippen LogP contribution in [-0.4, -0.2) is 74.2 Å². The Kier molecular flexibility index (Phi) is 10.5. The monoisotopic (exact) mass is 519 g/mol. The van der Waals surface area contributed by atoms with Gasteiger partial charge in [-0.2, -0.15) is 0 Å². The van der Waals surface area contributed by atoms with Gasteiger partial charge in [0.15, 0.2) is 5.96 Å². The molecule has 1 aromatic heterocycles. The molecule has 0 unspecified atom stereocenters. The molecule has 160 valence electrons. The van der Waals surface area contributed by atoms with E-state index in [-0.39, 0.29) is 29.5 Å². The van der Waals surface area contributed by atoms with Crippen LogP contribution in [0.25, 0.3) is 0 Å². The zero-order valence-corrected chi connectivity index (χ0v) is 20.7. The number of hydrogen-bond acceptors (Lipinski definition) is 4. The molecule has 1 aromatic rings. The van der Waals surface area contributed by atoms with Crippen LogP contribution in [0.1, 0.15) is 43.9 Å². The van der Waals surface area contributed by atoms with E-state index in [1.165, 1.54) is 63.2 Å². The van der Waals surface area contributed by atoms with Crippen molar-refractivity contribution in [3.05, 3.63) is 22.4 Å². The van der Waals surface area contributed by atoms with Crippen molar-refractivity contribution in [1.82, 2.24) is 20.4 Å². The van der Waals surface area contributed by atoms with Crippen LogP contribution in [0.2, 0.25) is 0 Å². The molecular weight excluding hydrogens is 481 g/mol. The smallest absolute Gasteiger partial charge is 0.191 e. The van der Waals surface area contributed by atoms with Crippen molar-refractivity contribution < 1.29 is 0 Å². The SMILES string of the molecule is CCNC(=NCC1(N2CCCCC2)CCN(C)CC1)NCCc1cccs1.I. The van der Waals surface area contributed by atoms with E-state index in [2.05, 4.69) is 51.9 Å². The van der Waals surface area contributed by atoms with Gasteiger partial charge in [0.05, 0.1) is 6.54 Å². The lowest BCUT2D eigenvalue weighted by Gasteiger charge is -2.49. The summed E-state index contributed by atoms with van der Waals surface area (Å²) in [7, 11) is 2.25. The second kappa shape index (κ2) is 12.3. The van der Waals surface area contributed by atoms with Gasteiger partial charge in [-0.15, -0.1) is 35.3 Å². The van der Waals surface area contributed by atoms with E-state index in [1.807, 2.05) is 11.3 Å². The molecule has 2 fully saturated rings. The summed E-state index contributed by atoms with van der Waals surface area (Å²) in [4.78, 5) is 11.7. The van der Waals surface area contributed by atoms with Crippen molar-refractivity contribution in [3.63, 3.8) is 0 Å². The maximum atomic E-state index is 5.07. The fourth-order valence-corrected chi connectivity index (χ4v) is 5.01. The number of halogens is 1. The molecule has 3 rings (SSSR count). The molecule has 0 radical (unpaired) electrons. The van der Waals surface area contributed by atoms with Gasteiger partial charge in [-0.05, 0) is 83.7 Å². The Labute approximate surface area is 192 Å². The highest BCUT2D eigenvalue weighted by molar-refractivity contribution is 14.0. The molecule has 0 spiro atoms. The summed E-state index contributed by atoms with van der Waals surface area (Å²) in [5.74, 6) is 0.976. The normalized spacial score (nSPS) is 21.1. The number of aliphatic imine (C=N–C) groups is 1. The van der Waals surface area contributed by atoms with E-state index in [1.54, 1.807) is 0 Å². The number of piperidine rings is 2. The number of hydrogen-bond donors (Lipinski definition) is 2. The molecule has 0 aromatic carbocycles. The van der Waals surface area contributed by atoms with Crippen LogP contribution < -0.4 is 10.6 Å². The molecule has 2 aliphatic heterocycles.